The molecule has 19 aromatic rings. The van der Waals surface area contributed by atoms with Crippen molar-refractivity contribution in [2.45, 2.75) is 51.4 Å². The Morgan fingerprint density at radius 2 is 0.590 bits per heavy atom. The van der Waals surface area contributed by atoms with E-state index in [9.17, 15) is 0 Å². The van der Waals surface area contributed by atoms with Gasteiger partial charge in [0.25, 0.3) is 0 Å². The van der Waals surface area contributed by atoms with E-state index in [0.717, 1.165) is 85.7 Å². The van der Waals surface area contributed by atoms with E-state index in [-0.39, 0.29) is 0 Å². The molecule has 2 aliphatic heterocycles. The summed E-state index contributed by atoms with van der Waals surface area (Å²) in [4.78, 5) is 7.67. The number of para-hydroxylation sites is 6. The number of aromatic nitrogens is 2. The molecular formula is C111H84N4O2. The highest BCUT2D eigenvalue weighted by molar-refractivity contribution is 6.10. The zero-order valence-corrected chi connectivity index (χ0v) is 64.9. The van der Waals surface area contributed by atoms with E-state index < -0.39 is 0 Å². The molecule has 27 rings (SSSR count). The lowest BCUT2D eigenvalue weighted by Crippen LogP contribution is -2.06. The number of nitrogens with zero attached hydrogens (tertiary/aromatic N) is 1. The number of furan rings is 1. The molecule has 0 amide bonds. The third-order valence-corrected chi connectivity index (χ3v) is 23.7. The number of hydrogen-bond acceptors (Lipinski definition) is 5. The Morgan fingerprint density at radius 1 is 0.231 bits per heavy atom. The van der Waals surface area contributed by atoms with Crippen LogP contribution in [0.3, 0.4) is 0 Å². The topological polar surface area (TPSA) is 75.1 Å². The van der Waals surface area contributed by atoms with Gasteiger partial charge < -0.3 is 24.8 Å². The Bertz CT molecular complexity index is 6230. The van der Waals surface area contributed by atoms with Crippen molar-refractivity contribution in [2.24, 2.45) is 0 Å². The van der Waals surface area contributed by atoms with Gasteiger partial charge in [-0.25, -0.2) is 0 Å². The molecule has 0 unspecified atom stereocenters. The van der Waals surface area contributed by atoms with Crippen molar-refractivity contribution in [3.63, 3.8) is 0 Å². The maximum absolute atomic E-state index is 5.71. The van der Waals surface area contributed by atoms with Gasteiger partial charge in [0.05, 0.1) is 23.3 Å². The summed E-state index contributed by atoms with van der Waals surface area (Å²) >= 11 is 0. The zero-order valence-electron chi connectivity index (χ0n) is 64.9. The minimum Gasteiger partial charge on any atom is -0.464 e. The molecule has 0 radical (unpaired) electrons. The van der Waals surface area contributed by atoms with E-state index in [1.165, 1.54) is 177 Å². The standard InChI is InChI=1S/C21H14.C17H12.C14H12.C13H11N.C12H9NO.C12H9N.C11H9N.C11H8O/c1-3-7-18-14(5-1)9-11-16-13-17-12-10-15-6-2-4-8-19(15)21(17)20(16)18;1-3-7-15-12(5-1)9-10-14-11-13-6-2-4-8-16(13)17(14)15;1-2-6-12-10-14-8-4-3-7-13(14)9-11(12)5-1;1-3-7-12-10(5-1)9-11-6-2-4-8-13(11)14-12;1-3-7-11-9(5-1)13-10-6-2-4-8-12(10)14-11;1-2-6-11-9(4-1)8-10-5-3-7-13-12(10)11;2*1-2-4-10-8(3-1)7-9-5-6-12-11(9)10/h1-12H,13H2;1-10H,11H2;1-8H,9-10H2;1-8,14H,9H2;1-8,13H;1-7H,8H2;1-6,12H,7H2;1-6H,7H2. The minimum atomic E-state index is 0.881. The predicted octanol–water partition coefficient (Wildman–Crippen LogP) is 28.1. The quantitative estimate of drug-likeness (QED) is 0.141. The summed E-state index contributed by atoms with van der Waals surface area (Å²) in [6.45, 7) is 0. The van der Waals surface area contributed by atoms with Gasteiger partial charge in [-0.1, -0.05) is 322 Å². The van der Waals surface area contributed by atoms with Gasteiger partial charge in [0.2, 0.25) is 0 Å². The van der Waals surface area contributed by atoms with Crippen LogP contribution in [-0.2, 0) is 51.4 Å². The lowest BCUT2D eigenvalue weighted by atomic mass is 9.86. The number of nitrogens with one attached hydrogen (secondary N) is 3. The number of anilines is 4. The summed E-state index contributed by atoms with van der Waals surface area (Å²) in [5.74, 6) is 2.82. The maximum atomic E-state index is 5.71. The Balaban J connectivity index is 0.0000000866. The average Bonchev–Trinajstić information content (AvgIpc) is 1.60. The molecule has 6 nitrogen and oxygen atoms in total. The highest BCUT2D eigenvalue weighted by Crippen LogP contribution is 2.47. The molecule has 560 valence electrons. The van der Waals surface area contributed by atoms with Crippen LogP contribution in [0.4, 0.5) is 22.7 Å². The van der Waals surface area contributed by atoms with Crippen molar-refractivity contribution in [1.29, 1.82) is 0 Å². The third kappa shape index (κ3) is 14.6. The first-order valence-corrected chi connectivity index (χ1v) is 40.7. The van der Waals surface area contributed by atoms with Crippen LogP contribution < -0.4 is 15.4 Å². The van der Waals surface area contributed by atoms with Crippen LogP contribution in [0, 0.1) is 0 Å². The summed E-state index contributed by atoms with van der Waals surface area (Å²) in [7, 11) is 0. The summed E-state index contributed by atoms with van der Waals surface area (Å²) in [5.41, 5.74) is 39.6. The van der Waals surface area contributed by atoms with Crippen LogP contribution in [0.25, 0.3) is 88.4 Å². The summed E-state index contributed by atoms with van der Waals surface area (Å²) in [5, 5.41) is 14.9. The number of rotatable bonds is 0. The number of H-pyrrole nitrogens is 1. The second-order valence-electron chi connectivity index (χ2n) is 30.9. The van der Waals surface area contributed by atoms with E-state index in [0.29, 0.717) is 0 Å². The van der Waals surface area contributed by atoms with Crippen molar-refractivity contribution in [3.05, 3.63) is 484 Å². The normalized spacial score (nSPS) is 12.5. The maximum Gasteiger partial charge on any atom is 0.150 e. The average molecular weight is 1510 g/mol. The molecule has 0 saturated heterocycles. The molecular weight excluding hydrogens is 1420 g/mol. The molecule has 3 aromatic heterocycles. The van der Waals surface area contributed by atoms with Gasteiger partial charge in [-0.3, -0.25) is 4.98 Å². The smallest absolute Gasteiger partial charge is 0.150 e. The highest BCUT2D eigenvalue weighted by atomic mass is 16.5. The summed E-state index contributed by atoms with van der Waals surface area (Å²) in [6.07, 6.45) is 14.2. The van der Waals surface area contributed by atoms with E-state index >= 15 is 0 Å². The molecule has 6 aliphatic carbocycles. The summed E-state index contributed by atoms with van der Waals surface area (Å²) in [6, 6.07) is 133. The van der Waals surface area contributed by atoms with Gasteiger partial charge in [-0.2, -0.15) is 0 Å². The molecule has 16 aromatic carbocycles. The molecule has 5 heterocycles. The van der Waals surface area contributed by atoms with E-state index in [4.69, 9.17) is 9.15 Å². The SMILES string of the molecule is c1ccc2c(c1)Cc1cc[nH]c1-2.c1ccc2c(c1)Cc1ccc3ccccc3c1-2.c1ccc2c(c1)Cc1ccccc1C2.c1ccc2c(c1)Cc1ccccc1N2.c1ccc2c(c1)Cc1cccnc1-2.c1ccc2c(c1)Cc1ccoc1-2.c1ccc2c(c1)Nc1ccccc1O2.c1ccc2c3c(ccc2c1)Cc1ccc2ccccc2c1-3. The highest BCUT2D eigenvalue weighted by Gasteiger charge is 2.26. The van der Waals surface area contributed by atoms with Gasteiger partial charge >= 0.3 is 0 Å². The predicted molar refractivity (Wildman–Crippen MR) is 484 cm³/mol. The fourth-order valence-electron chi connectivity index (χ4n) is 18.0. The van der Waals surface area contributed by atoms with E-state index in [1.54, 1.807) is 6.26 Å². The van der Waals surface area contributed by atoms with Gasteiger partial charge in [0.1, 0.15) is 5.76 Å². The van der Waals surface area contributed by atoms with Crippen LogP contribution in [0.15, 0.2) is 399 Å². The zero-order chi connectivity index (χ0) is 77.8. The Morgan fingerprint density at radius 3 is 1.15 bits per heavy atom. The van der Waals surface area contributed by atoms with Crippen LogP contribution in [0.5, 0.6) is 11.5 Å². The van der Waals surface area contributed by atoms with Gasteiger partial charge in [0.15, 0.2) is 11.5 Å². The Hall–Kier alpha value is -14.6. The fourth-order valence-corrected chi connectivity index (χ4v) is 18.0. The van der Waals surface area contributed by atoms with Crippen LogP contribution >= 0.6 is 0 Å². The molecule has 117 heavy (non-hydrogen) atoms. The molecule has 0 fully saturated rings. The largest absolute Gasteiger partial charge is 0.464 e. The third-order valence-electron chi connectivity index (χ3n) is 23.7. The van der Waals surface area contributed by atoms with E-state index in [1.807, 2.05) is 67.0 Å². The van der Waals surface area contributed by atoms with Crippen molar-refractivity contribution < 1.29 is 9.15 Å². The van der Waals surface area contributed by atoms with Crippen LogP contribution in [-0.4, -0.2) is 9.97 Å². The number of aromatic amines is 1. The van der Waals surface area contributed by atoms with Gasteiger partial charge in [0, 0.05) is 77.4 Å². The first kappa shape index (κ1) is 71.4. The Labute approximate surface area is 683 Å². The molecule has 8 aliphatic rings. The van der Waals surface area contributed by atoms with Crippen LogP contribution in [0.2, 0.25) is 0 Å². The number of pyridine rings is 1. The summed E-state index contributed by atoms with van der Waals surface area (Å²) < 4.78 is 11.1. The number of benzene rings is 16. The van der Waals surface area contributed by atoms with E-state index in [2.05, 4.69) is 342 Å². The first-order valence-electron chi connectivity index (χ1n) is 40.7. The lowest BCUT2D eigenvalue weighted by Gasteiger charge is -2.20. The molecule has 3 N–H and O–H groups in total. The lowest BCUT2D eigenvalue weighted by molar-refractivity contribution is 0.481. The Kier molecular flexibility index (Phi) is 19.6. The van der Waals surface area contributed by atoms with Crippen molar-refractivity contribution >= 4 is 55.1 Å². The fraction of sp³-hybridized carbons (Fsp3) is 0.0721. The molecule has 0 atom stereocenters. The number of fused-ring (bicyclic) bond motifs is 27. The monoisotopic (exact) mass is 1500 g/mol. The van der Waals surface area contributed by atoms with Gasteiger partial charge in [-0.05, 0) is 218 Å². The van der Waals surface area contributed by atoms with Crippen LogP contribution in [0.1, 0.15) is 89.0 Å². The van der Waals surface area contributed by atoms with Crippen molar-refractivity contribution in [3.8, 4) is 67.6 Å². The molecule has 0 spiro atoms. The second-order valence-corrected chi connectivity index (χ2v) is 30.9. The number of ether oxygens (including phenoxy) is 1. The minimum absolute atomic E-state index is 0.881. The van der Waals surface area contributed by atoms with Crippen molar-refractivity contribution in [1.82, 2.24) is 9.97 Å². The first-order chi connectivity index (χ1) is 58.0. The number of hydrogen-bond donors (Lipinski definition) is 3. The second kappa shape index (κ2) is 32.1. The van der Waals surface area contributed by atoms with Crippen molar-refractivity contribution in [2.75, 3.05) is 10.6 Å². The van der Waals surface area contributed by atoms with Gasteiger partial charge in [-0.15, -0.1) is 0 Å². The molecule has 0 bridgehead atoms. The molecule has 0 saturated carbocycles. The molecule has 6 heteroatoms.